The molecule has 0 radical (unpaired) electrons. The van der Waals surface area contributed by atoms with Crippen molar-refractivity contribution < 1.29 is 9.59 Å². The number of rotatable bonds is 4. The Morgan fingerprint density at radius 1 is 1.25 bits per heavy atom. The van der Waals surface area contributed by atoms with Crippen molar-refractivity contribution in [3.63, 3.8) is 0 Å². The molecule has 0 spiro atoms. The van der Waals surface area contributed by atoms with E-state index >= 15 is 0 Å². The number of nitrogens with one attached hydrogen (secondary N) is 2. The van der Waals surface area contributed by atoms with E-state index in [4.69, 9.17) is 0 Å². The zero-order valence-electron chi connectivity index (χ0n) is 12.7. The van der Waals surface area contributed by atoms with Crippen LogP contribution in [0.1, 0.15) is 52.9 Å². The Hall–Kier alpha value is -1.57. The smallest absolute Gasteiger partial charge is 0.240 e. The molecule has 1 rings (SSSR count). The summed E-state index contributed by atoms with van der Waals surface area (Å²) in [4.78, 5) is 23.5. The monoisotopic (exact) mass is 279 g/mol. The second-order valence-corrected chi connectivity index (χ2v) is 6.51. The van der Waals surface area contributed by atoms with Gasteiger partial charge in [-0.05, 0) is 18.8 Å². The van der Waals surface area contributed by atoms with E-state index < -0.39 is 11.5 Å². The highest BCUT2D eigenvalue weighted by molar-refractivity contribution is 5.87. The number of hydrogen-bond donors (Lipinski definition) is 2. The van der Waals surface area contributed by atoms with Gasteiger partial charge in [0.2, 0.25) is 11.8 Å². The molecule has 0 aromatic carbocycles. The molecule has 0 bridgehead atoms. The van der Waals surface area contributed by atoms with Crippen LogP contribution in [-0.2, 0) is 9.59 Å². The minimum absolute atomic E-state index is 0.0684. The maximum absolute atomic E-state index is 11.8. The zero-order chi connectivity index (χ0) is 15.2. The van der Waals surface area contributed by atoms with E-state index in [-0.39, 0.29) is 24.3 Å². The number of nitrogens with zero attached hydrogens (tertiary/aromatic N) is 1. The van der Waals surface area contributed by atoms with Crippen molar-refractivity contribution in [2.24, 2.45) is 11.3 Å². The third kappa shape index (κ3) is 5.20. The summed E-state index contributed by atoms with van der Waals surface area (Å²) in [6.45, 7) is 5.31. The van der Waals surface area contributed by atoms with Crippen LogP contribution >= 0.6 is 0 Å². The molecule has 1 saturated carbocycles. The average Bonchev–Trinajstić information content (AvgIpc) is 2.42. The van der Waals surface area contributed by atoms with Gasteiger partial charge in [0.15, 0.2) is 0 Å². The SMILES string of the molecule is CC(C)(C)C(=O)NCC(=O)N[C@@H](C#N)C1CCCCC1. The van der Waals surface area contributed by atoms with Crippen molar-refractivity contribution in [1.82, 2.24) is 10.6 Å². The molecule has 0 aliphatic heterocycles. The van der Waals surface area contributed by atoms with Crippen LogP contribution in [0.5, 0.6) is 0 Å². The van der Waals surface area contributed by atoms with E-state index in [1.165, 1.54) is 6.42 Å². The third-order valence-electron chi connectivity index (χ3n) is 3.67. The van der Waals surface area contributed by atoms with Crippen LogP contribution < -0.4 is 10.6 Å². The first kappa shape index (κ1) is 16.5. The molecule has 0 unspecified atom stereocenters. The van der Waals surface area contributed by atoms with Crippen LogP contribution in [0, 0.1) is 22.7 Å². The van der Waals surface area contributed by atoms with E-state index in [2.05, 4.69) is 16.7 Å². The second-order valence-electron chi connectivity index (χ2n) is 6.51. The summed E-state index contributed by atoms with van der Waals surface area (Å²) in [5.41, 5.74) is -0.516. The summed E-state index contributed by atoms with van der Waals surface area (Å²) >= 11 is 0. The van der Waals surface area contributed by atoms with Crippen LogP contribution in [0.4, 0.5) is 0 Å². The zero-order valence-corrected chi connectivity index (χ0v) is 12.7. The van der Waals surface area contributed by atoms with Crippen LogP contribution in [0.3, 0.4) is 0 Å². The third-order valence-corrected chi connectivity index (χ3v) is 3.67. The number of carbonyl (C=O) groups is 2. The van der Waals surface area contributed by atoms with Crippen LogP contribution in [0.2, 0.25) is 0 Å². The standard InChI is InChI=1S/C15H25N3O2/c1-15(2,3)14(20)17-10-13(19)18-12(9-16)11-7-5-4-6-8-11/h11-12H,4-8,10H2,1-3H3,(H,17,20)(H,18,19)/t12-/m0/s1. The van der Waals surface area contributed by atoms with Gasteiger partial charge in [-0.2, -0.15) is 5.26 Å². The highest BCUT2D eigenvalue weighted by Gasteiger charge is 2.26. The van der Waals surface area contributed by atoms with Gasteiger partial charge in [0.1, 0.15) is 6.04 Å². The van der Waals surface area contributed by atoms with Crippen LogP contribution in [-0.4, -0.2) is 24.4 Å². The minimum Gasteiger partial charge on any atom is -0.347 e. The lowest BCUT2D eigenvalue weighted by Gasteiger charge is -2.26. The van der Waals surface area contributed by atoms with Gasteiger partial charge in [0, 0.05) is 5.41 Å². The highest BCUT2D eigenvalue weighted by atomic mass is 16.2. The largest absolute Gasteiger partial charge is 0.347 e. The molecule has 0 aromatic heterocycles. The second kappa shape index (κ2) is 7.28. The summed E-state index contributed by atoms with van der Waals surface area (Å²) in [6, 6.07) is 1.74. The van der Waals surface area contributed by atoms with Crippen molar-refractivity contribution in [3.05, 3.63) is 0 Å². The molecule has 1 atom stereocenters. The van der Waals surface area contributed by atoms with Crippen LogP contribution in [0.25, 0.3) is 0 Å². The van der Waals surface area contributed by atoms with Gasteiger partial charge >= 0.3 is 0 Å². The molecule has 2 amide bonds. The first-order valence-electron chi connectivity index (χ1n) is 7.32. The molecule has 2 N–H and O–H groups in total. The Labute approximate surface area is 121 Å². The molecule has 0 aromatic rings. The predicted octanol–water partition coefficient (Wildman–Crippen LogP) is 1.74. The highest BCUT2D eigenvalue weighted by Crippen LogP contribution is 2.26. The molecule has 1 fully saturated rings. The molecule has 112 valence electrons. The molecule has 20 heavy (non-hydrogen) atoms. The quantitative estimate of drug-likeness (QED) is 0.822. The fourth-order valence-electron chi connectivity index (χ4n) is 2.37. The predicted molar refractivity (Wildman–Crippen MR) is 76.6 cm³/mol. The van der Waals surface area contributed by atoms with Gasteiger partial charge in [-0.1, -0.05) is 40.0 Å². The molecule has 0 saturated heterocycles. The van der Waals surface area contributed by atoms with Crippen molar-refractivity contribution in [1.29, 1.82) is 5.26 Å². The summed E-state index contributed by atoms with van der Waals surface area (Å²) < 4.78 is 0. The Balaban J connectivity index is 2.40. The lowest BCUT2D eigenvalue weighted by atomic mass is 9.84. The summed E-state index contributed by atoms with van der Waals surface area (Å²) in [5.74, 6) is -0.213. The van der Waals surface area contributed by atoms with E-state index in [1.54, 1.807) is 20.8 Å². The summed E-state index contributed by atoms with van der Waals surface area (Å²) in [7, 11) is 0. The molecule has 1 aliphatic carbocycles. The Bertz CT molecular complexity index is 387. The Morgan fingerprint density at radius 2 is 1.85 bits per heavy atom. The molecule has 1 aliphatic rings. The minimum atomic E-state index is -0.516. The van der Waals surface area contributed by atoms with Gasteiger partial charge in [-0.15, -0.1) is 0 Å². The summed E-state index contributed by atoms with van der Waals surface area (Å²) in [6.07, 6.45) is 5.45. The Morgan fingerprint density at radius 3 is 2.35 bits per heavy atom. The summed E-state index contributed by atoms with van der Waals surface area (Å²) in [5, 5.41) is 14.5. The first-order valence-corrected chi connectivity index (χ1v) is 7.32. The molecular weight excluding hydrogens is 254 g/mol. The topological polar surface area (TPSA) is 82.0 Å². The molecular formula is C15H25N3O2. The number of nitriles is 1. The maximum Gasteiger partial charge on any atom is 0.240 e. The normalized spacial score (nSPS) is 17.9. The number of hydrogen-bond acceptors (Lipinski definition) is 3. The van der Waals surface area contributed by atoms with Gasteiger partial charge < -0.3 is 10.6 Å². The maximum atomic E-state index is 11.8. The first-order chi connectivity index (χ1) is 9.34. The average molecular weight is 279 g/mol. The van der Waals surface area contributed by atoms with E-state index in [1.807, 2.05) is 0 Å². The van der Waals surface area contributed by atoms with Crippen molar-refractivity contribution in [2.75, 3.05) is 6.54 Å². The fraction of sp³-hybridized carbons (Fsp3) is 0.800. The van der Waals surface area contributed by atoms with Crippen molar-refractivity contribution in [2.45, 2.75) is 58.9 Å². The van der Waals surface area contributed by atoms with Gasteiger partial charge in [0.05, 0.1) is 12.6 Å². The molecule has 5 nitrogen and oxygen atoms in total. The fourth-order valence-corrected chi connectivity index (χ4v) is 2.37. The van der Waals surface area contributed by atoms with Gasteiger partial charge in [-0.25, -0.2) is 0 Å². The number of carbonyl (C=O) groups excluding carboxylic acids is 2. The van der Waals surface area contributed by atoms with Crippen molar-refractivity contribution >= 4 is 11.8 Å². The van der Waals surface area contributed by atoms with Gasteiger partial charge in [-0.3, -0.25) is 9.59 Å². The van der Waals surface area contributed by atoms with Gasteiger partial charge in [0.25, 0.3) is 0 Å². The van der Waals surface area contributed by atoms with E-state index in [9.17, 15) is 14.9 Å². The molecule has 0 heterocycles. The Kier molecular flexibility index (Phi) is 6.00. The van der Waals surface area contributed by atoms with E-state index in [0.29, 0.717) is 0 Å². The molecule has 5 heteroatoms. The lowest BCUT2D eigenvalue weighted by Crippen LogP contribution is -2.46. The number of amides is 2. The van der Waals surface area contributed by atoms with E-state index in [0.717, 1.165) is 25.7 Å². The van der Waals surface area contributed by atoms with Crippen molar-refractivity contribution in [3.8, 4) is 6.07 Å². The lowest BCUT2D eigenvalue weighted by molar-refractivity contribution is -0.131. The van der Waals surface area contributed by atoms with Crippen LogP contribution in [0.15, 0.2) is 0 Å².